The molecule has 0 saturated carbocycles. The fourth-order valence-electron chi connectivity index (χ4n) is 1.13. The molecule has 0 amide bonds. The number of hydrogen-bond donors (Lipinski definition) is 2. The molecule has 1 unspecified atom stereocenters. The lowest BCUT2D eigenvalue weighted by Gasteiger charge is -2.16. The second kappa shape index (κ2) is 4.82. The summed E-state index contributed by atoms with van der Waals surface area (Å²) in [5.41, 5.74) is 2.16. The molecule has 0 aliphatic rings. The molecule has 1 atom stereocenters. The van der Waals surface area contributed by atoms with E-state index in [1.54, 1.807) is 6.20 Å². The van der Waals surface area contributed by atoms with Gasteiger partial charge in [0.05, 0.1) is 6.61 Å². The van der Waals surface area contributed by atoms with Crippen LogP contribution >= 0.6 is 0 Å². The van der Waals surface area contributed by atoms with Crippen LogP contribution in [0.15, 0.2) is 18.5 Å². The van der Waals surface area contributed by atoms with E-state index in [1.807, 2.05) is 26.1 Å². The molecule has 1 rings (SSSR count). The Morgan fingerprint density at radius 1 is 1.62 bits per heavy atom. The molecule has 3 nitrogen and oxygen atoms in total. The van der Waals surface area contributed by atoms with Crippen molar-refractivity contribution in [3.8, 4) is 0 Å². The highest BCUT2D eigenvalue weighted by molar-refractivity contribution is 5.49. The van der Waals surface area contributed by atoms with Crippen molar-refractivity contribution in [3.05, 3.63) is 24.0 Å². The molecule has 1 aromatic heterocycles. The van der Waals surface area contributed by atoms with Crippen molar-refractivity contribution in [2.45, 2.75) is 26.3 Å². The molecule has 0 bridgehead atoms. The normalized spacial score (nSPS) is 12.5. The molecule has 13 heavy (non-hydrogen) atoms. The summed E-state index contributed by atoms with van der Waals surface area (Å²) in [5.74, 6) is 0. The molecule has 0 radical (unpaired) electrons. The number of aryl methyl sites for hydroxylation is 1. The van der Waals surface area contributed by atoms with Crippen LogP contribution in [0.3, 0.4) is 0 Å². The Hall–Kier alpha value is -1.09. The van der Waals surface area contributed by atoms with Gasteiger partial charge in [-0.25, -0.2) is 0 Å². The van der Waals surface area contributed by atoms with E-state index < -0.39 is 0 Å². The third-order valence-corrected chi connectivity index (χ3v) is 2.09. The van der Waals surface area contributed by atoms with Crippen molar-refractivity contribution in [2.75, 3.05) is 11.9 Å². The third-order valence-electron chi connectivity index (χ3n) is 2.09. The molecule has 0 fully saturated rings. The first-order valence-corrected chi connectivity index (χ1v) is 4.56. The predicted molar refractivity (Wildman–Crippen MR) is 53.8 cm³/mol. The minimum atomic E-state index is 0.140. The Balaban J connectivity index is 2.67. The van der Waals surface area contributed by atoms with Gasteiger partial charge in [-0.3, -0.25) is 4.98 Å². The minimum absolute atomic E-state index is 0.140. The lowest BCUT2D eigenvalue weighted by Crippen LogP contribution is -2.22. The number of nitrogens with one attached hydrogen (secondary N) is 1. The standard InChI is InChI=1S/C10H16N2O/c1-3-9(7-13)12-10-4-5-11-6-8(10)2/h4-6,9,13H,3,7H2,1-2H3,(H,11,12). The topological polar surface area (TPSA) is 45.1 Å². The predicted octanol–water partition coefficient (Wildman–Crippen LogP) is 1.57. The van der Waals surface area contributed by atoms with Crippen molar-refractivity contribution in [1.29, 1.82) is 0 Å². The fraction of sp³-hybridized carbons (Fsp3) is 0.500. The van der Waals surface area contributed by atoms with Gasteiger partial charge in [-0.1, -0.05) is 6.92 Å². The van der Waals surface area contributed by atoms with E-state index in [9.17, 15) is 0 Å². The van der Waals surface area contributed by atoms with E-state index in [0.717, 1.165) is 17.7 Å². The number of aliphatic hydroxyl groups excluding tert-OH is 1. The van der Waals surface area contributed by atoms with E-state index in [-0.39, 0.29) is 12.6 Å². The molecular weight excluding hydrogens is 164 g/mol. The maximum atomic E-state index is 9.00. The summed E-state index contributed by atoms with van der Waals surface area (Å²) in [4.78, 5) is 4.00. The van der Waals surface area contributed by atoms with Crippen LogP contribution in [0.2, 0.25) is 0 Å². The van der Waals surface area contributed by atoms with Crippen molar-refractivity contribution < 1.29 is 5.11 Å². The average molecular weight is 180 g/mol. The average Bonchev–Trinajstić information content (AvgIpc) is 2.17. The van der Waals surface area contributed by atoms with Crippen LogP contribution < -0.4 is 5.32 Å². The molecule has 1 aromatic rings. The van der Waals surface area contributed by atoms with Crippen LogP contribution in [0.1, 0.15) is 18.9 Å². The Labute approximate surface area is 78.8 Å². The van der Waals surface area contributed by atoms with Gasteiger partial charge in [0.2, 0.25) is 0 Å². The van der Waals surface area contributed by atoms with Crippen LogP contribution in [-0.2, 0) is 0 Å². The summed E-state index contributed by atoms with van der Waals surface area (Å²) >= 11 is 0. The molecule has 3 heteroatoms. The van der Waals surface area contributed by atoms with E-state index in [4.69, 9.17) is 5.11 Å². The van der Waals surface area contributed by atoms with Crippen molar-refractivity contribution in [2.24, 2.45) is 0 Å². The van der Waals surface area contributed by atoms with Crippen LogP contribution in [0.25, 0.3) is 0 Å². The Morgan fingerprint density at radius 3 is 2.92 bits per heavy atom. The molecule has 0 aliphatic heterocycles. The van der Waals surface area contributed by atoms with Gasteiger partial charge >= 0.3 is 0 Å². The maximum Gasteiger partial charge on any atom is 0.0632 e. The van der Waals surface area contributed by atoms with Gasteiger partial charge < -0.3 is 10.4 Å². The number of aromatic nitrogens is 1. The zero-order valence-electron chi connectivity index (χ0n) is 8.12. The van der Waals surface area contributed by atoms with Gasteiger partial charge in [-0.15, -0.1) is 0 Å². The largest absolute Gasteiger partial charge is 0.394 e. The van der Waals surface area contributed by atoms with Crippen molar-refractivity contribution in [3.63, 3.8) is 0 Å². The Bertz CT molecular complexity index is 259. The van der Waals surface area contributed by atoms with E-state index >= 15 is 0 Å². The first kappa shape index (κ1) is 9.99. The lowest BCUT2D eigenvalue weighted by atomic mass is 10.2. The zero-order chi connectivity index (χ0) is 9.68. The molecular formula is C10H16N2O. The molecule has 0 aliphatic carbocycles. The van der Waals surface area contributed by atoms with Gasteiger partial charge in [0.25, 0.3) is 0 Å². The minimum Gasteiger partial charge on any atom is -0.394 e. The first-order valence-electron chi connectivity index (χ1n) is 4.56. The Morgan fingerprint density at radius 2 is 2.38 bits per heavy atom. The number of hydrogen-bond acceptors (Lipinski definition) is 3. The van der Waals surface area contributed by atoms with E-state index in [0.29, 0.717) is 0 Å². The van der Waals surface area contributed by atoms with Crippen LogP contribution in [0, 0.1) is 6.92 Å². The molecule has 0 saturated heterocycles. The molecule has 2 N–H and O–H groups in total. The number of pyridine rings is 1. The summed E-state index contributed by atoms with van der Waals surface area (Å²) in [6, 6.07) is 2.06. The summed E-state index contributed by atoms with van der Waals surface area (Å²) < 4.78 is 0. The summed E-state index contributed by atoms with van der Waals surface area (Å²) in [7, 11) is 0. The zero-order valence-corrected chi connectivity index (χ0v) is 8.12. The smallest absolute Gasteiger partial charge is 0.0632 e. The second-order valence-corrected chi connectivity index (χ2v) is 3.12. The van der Waals surface area contributed by atoms with Gasteiger partial charge in [-0.2, -0.15) is 0 Å². The second-order valence-electron chi connectivity index (χ2n) is 3.12. The lowest BCUT2D eigenvalue weighted by molar-refractivity contribution is 0.272. The van der Waals surface area contributed by atoms with Gasteiger partial charge in [0, 0.05) is 24.1 Å². The number of nitrogens with zero attached hydrogens (tertiary/aromatic N) is 1. The molecule has 0 aromatic carbocycles. The van der Waals surface area contributed by atoms with Crippen LogP contribution in [-0.4, -0.2) is 22.7 Å². The van der Waals surface area contributed by atoms with Crippen molar-refractivity contribution >= 4 is 5.69 Å². The quantitative estimate of drug-likeness (QED) is 0.739. The maximum absolute atomic E-state index is 9.00. The highest BCUT2D eigenvalue weighted by Crippen LogP contribution is 2.13. The third kappa shape index (κ3) is 2.70. The summed E-state index contributed by atoms with van der Waals surface area (Å²) in [6.45, 7) is 4.21. The van der Waals surface area contributed by atoms with E-state index in [1.165, 1.54) is 0 Å². The van der Waals surface area contributed by atoms with E-state index in [2.05, 4.69) is 10.3 Å². The SMILES string of the molecule is CCC(CO)Nc1ccncc1C. The molecule has 0 spiro atoms. The first-order chi connectivity index (χ1) is 6.27. The number of aliphatic hydroxyl groups is 1. The highest BCUT2D eigenvalue weighted by atomic mass is 16.3. The van der Waals surface area contributed by atoms with Crippen molar-refractivity contribution in [1.82, 2.24) is 4.98 Å². The van der Waals surface area contributed by atoms with Crippen LogP contribution in [0.4, 0.5) is 5.69 Å². The fourth-order valence-corrected chi connectivity index (χ4v) is 1.13. The Kier molecular flexibility index (Phi) is 3.71. The highest BCUT2D eigenvalue weighted by Gasteiger charge is 2.04. The van der Waals surface area contributed by atoms with Crippen LogP contribution in [0.5, 0.6) is 0 Å². The van der Waals surface area contributed by atoms with Gasteiger partial charge in [0.1, 0.15) is 0 Å². The molecule has 1 heterocycles. The van der Waals surface area contributed by atoms with Gasteiger partial charge in [-0.05, 0) is 25.0 Å². The monoisotopic (exact) mass is 180 g/mol. The van der Waals surface area contributed by atoms with Gasteiger partial charge in [0.15, 0.2) is 0 Å². The number of rotatable bonds is 4. The molecule has 72 valence electrons. The summed E-state index contributed by atoms with van der Waals surface area (Å²) in [6.07, 6.45) is 4.48. The number of anilines is 1. The summed E-state index contributed by atoms with van der Waals surface area (Å²) in [5, 5.41) is 12.3.